The lowest BCUT2D eigenvalue weighted by Gasteiger charge is -2.19. The molecule has 0 fully saturated rings. The third-order valence-electron chi connectivity index (χ3n) is 9.38. The second-order valence-corrected chi connectivity index (χ2v) is 18.9. The van der Waals surface area contributed by atoms with Gasteiger partial charge in [0.15, 0.2) is 0 Å². The van der Waals surface area contributed by atoms with E-state index in [2.05, 4.69) is 31.8 Å². The van der Waals surface area contributed by atoms with Crippen LogP contribution in [0.25, 0.3) is 67.5 Å². The molecule has 14 nitrogen and oxygen atoms in total. The van der Waals surface area contributed by atoms with E-state index >= 15 is 0 Å². The van der Waals surface area contributed by atoms with Crippen LogP contribution in [0.3, 0.4) is 0 Å². The van der Waals surface area contributed by atoms with Crippen molar-refractivity contribution in [1.29, 1.82) is 0 Å². The van der Waals surface area contributed by atoms with E-state index in [1.807, 2.05) is 153 Å². The molecule has 8 rings (SSSR count). The van der Waals surface area contributed by atoms with Gasteiger partial charge in [-0.2, -0.15) is 9.97 Å². The van der Waals surface area contributed by atoms with E-state index in [0.717, 1.165) is 50.1 Å². The topological polar surface area (TPSA) is 170 Å². The van der Waals surface area contributed by atoms with Crippen molar-refractivity contribution in [2.24, 2.45) is 0 Å². The van der Waals surface area contributed by atoms with Crippen LogP contribution >= 0.6 is 23.2 Å². The van der Waals surface area contributed by atoms with E-state index in [1.54, 1.807) is 18.2 Å². The number of fused-ring (bicyclic) bond motifs is 2. The molecule has 0 aliphatic rings. The number of aryl methyl sites for hydroxylation is 1. The fourth-order valence-corrected chi connectivity index (χ4v) is 7.15. The Balaban J connectivity index is 0.000000222. The lowest BCUT2D eigenvalue weighted by molar-refractivity contribution is -0.155. The molecule has 4 aromatic carbocycles. The number of aromatic nitrogens is 6. The fraction of sp³-hybridized carbons (Fsp3) is 0.321. The maximum absolute atomic E-state index is 12.1. The molecule has 1 N–H and O–H groups in total. The smallest absolute Gasteiger partial charge is 0.330 e. The molecule has 0 radical (unpaired) electrons. The van der Waals surface area contributed by atoms with Crippen molar-refractivity contribution < 1.29 is 37.6 Å². The number of ether oxygens (including phenoxy) is 4. The molecule has 4 aromatic heterocycles. The number of esters is 2. The van der Waals surface area contributed by atoms with Crippen LogP contribution in [-0.4, -0.2) is 65.2 Å². The van der Waals surface area contributed by atoms with Gasteiger partial charge in [0.1, 0.15) is 22.7 Å². The van der Waals surface area contributed by atoms with E-state index in [0.29, 0.717) is 51.5 Å². The maximum Gasteiger partial charge on any atom is 0.330 e. The standard InChI is InChI=1S/C26H28ClN3O4.C19H16ClN3O2.C7H12O2.CH4/c1-16(2)32-22-10-9-17(15-20(22)27)24-28-25(34-29-24)19-7-6-8-21-18(19)11-13-30(21)14-12-23(31)33-26(3,4)5;1-11(2)24-17-7-6-12(10-15(17)20)18-22-19(25-23-18)14-4-3-5-16-13(14)8-9-21-16;1-5-6(8)9-7(2,3)4;/h6-11,13,15-16H,12,14H2,1-5H3;3-11,21H,1-2H3;5H,1H2,2-4H3;1H4. The number of carbonyl (C=O) groups excluding carboxylic acids is 2. The van der Waals surface area contributed by atoms with Crippen molar-refractivity contribution in [1.82, 2.24) is 29.8 Å². The predicted molar refractivity (Wildman–Crippen MR) is 272 cm³/mol. The molecule has 0 saturated heterocycles. The number of nitrogens with one attached hydrogen (secondary N) is 1. The minimum atomic E-state index is -0.495. The monoisotopic (exact) mass is 978 g/mol. The minimum absolute atomic E-state index is 0. The Kier molecular flexibility index (Phi) is 17.6. The highest BCUT2D eigenvalue weighted by Gasteiger charge is 2.20. The molecular weight excluding hydrogens is 920 g/mol. The van der Waals surface area contributed by atoms with Gasteiger partial charge in [0.05, 0.1) is 28.7 Å². The zero-order chi connectivity index (χ0) is 49.3. The number of benzene rings is 4. The highest BCUT2D eigenvalue weighted by molar-refractivity contribution is 6.32. The van der Waals surface area contributed by atoms with Gasteiger partial charge in [-0.05, 0) is 142 Å². The Bertz CT molecular complexity index is 3010. The Hall–Kier alpha value is -6.90. The molecule has 0 atom stereocenters. The largest absolute Gasteiger partial charge is 0.489 e. The third kappa shape index (κ3) is 14.6. The Morgan fingerprint density at radius 3 is 1.72 bits per heavy atom. The van der Waals surface area contributed by atoms with E-state index in [4.69, 9.17) is 51.2 Å². The number of aromatic amines is 1. The number of rotatable bonds is 12. The van der Waals surface area contributed by atoms with E-state index in [1.165, 1.54) is 0 Å². The summed E-state index contributed by atoms with van der Waals surface area (Å²) in [5.74, 6) is 2.46. The fourth-order valence-electron chi connectivity index (χ4n) is 6.70. The number of H-pyrrole nitrogens is 1. The summed E-state index contributed by atoms with van der Waals surface area (Å²) < 4.78 is 34.7. The van der Waals surface area contributed by atoms with Gasteiger partial charge in [0.25, 0.3) is 11.8 Å². The molecule has 0 spiro atoms. The van der Waals surface area contributed by atoms with Crippen molar-refractivity contribution in [3.05, 3.63) is 120 Å². The number of nitrogens with zero attached hydrogens (tertiary/aromatic N) is 5. The molecule has 8 aromatic rings. The molecule has 0 amide bonds. The lowest BCUT2D eigenvalue weighted by atomic mass is 10.1. The SMILES string of the molecule is C.C=CC(=O)OC(C)(C)C.CC(C)Oc1ccc(-c2noc(-c3cccc4[nH]ccc34)n2)cc1Cl.CC(C)Oc1ccc(-c2noc(-c3cccc4c3ccn4CCC(=O)OC(C)(C)C)n2)cc1Cl. The summed E-state index contributed by atoms with van der Waals surface area (Å²) in [6.45, 7) is 22.6. The van der Waals surface area contributed by atoms with Gasteiger partial charge in [0.2, 0.25) is 11.6 Å². The molecule has 4 heterocycles. The average Bonchev–Trinajstić information content (AvgIpc) is 4.11. The van der Waals surface area contributed by atoms with E-state index in [9.17, 15) is 9.59 Å². The van der Waals surface area contributed by atoms with Crippen LogP contribution in [0.1, 0.15) is 83.1 Å². The number of hydrogen-bond acceptors (Lipinski definition) is 12. The van der Waals surface area contributed by atoms with Crippen molar-refractivity contribution in [3.63, 3.8) is 0 Å². The van der Waals surface area contributed by atoms with E-state index < -0.39 is 11.2 Å². The molecule has 0 saturated carbocycles. The maximum atomic E-state index is 12.1. The first-order chi connectivity index (χ1) is 32.2. The first kappa shape index (κ1) is 53.1. The first-order valence-electron chi connectivity index (χ1n) is 22.0. The predicted octanol–water partition coefficient (Wildman–Crippen LogP) is 14.0. The lowest BCUT2D eigenvalue weighted by Crippen LogP contribution is -2.24. The second kappa shape index (κ2) is 22.9. The summed E-state index contributed by atoms with van der Waals surface area (Å²) in [5, 5.41) is 11.2. The van der Waals surface area contributed by atoms with Crippen LogP contribution in [0.15, 0.2) is 119 Å². The summed E-state index contributed by atoms with van der Waals surface area (Å²) in [6.07, 6.45) is 5.36. The summed E-state index contributed by atoms with van der Waals surface area (Å²) in [5.41, 5.74) is 4.32. The Labute approximate surface area is 412 Å². The zero-order valence-electron chi connectivity index (χ0n) is 39.8. The summed E-state index contributed by atoms with van der Waals surface area (Å²) in [7, 11) is 0. The molecule has 0 aliphatic heterocycles. The van der Waals surface area contributed by atoms with Gasteiger partial charge < -0.3 is 37.5 Å². The molecule has 16 heteroatoms. The van der Waals surface area contributed by atoms with Crippen molar-refractivity contribution >= 4 is 56.9 Å². The van der Waals surface area contributed by atoms with Crippen LogP contribution in [0, 0.1) is 0 Å². The molecule has 69 heavy (non-hydrogen) atoms. The van der Waals surface area contributed by atoms with Crippen LogP contribution in [0.2, 0.25) is 10.0 Å². The zero-order valence-corrected chi connectivity index (χ0v) is 41.4. The average molecular weight is 980 g/mol. The Morgan fingerprint density at radius 1 is 0.725 bits per heavy atom. The minimum Gasteiger partial charge on any atom is -0.489 e. The normalized spacial score (nSPS) is 11.3. The summed E-state index contributed by atoms with van der Waals surface area (Å²) in [6, 6.07) is 26.6. The highest BCUT2D eigenvalue weighted by Crippen LogP contribution is 2.35. The second-order valence-electron chi connectivity index (χ2n) is 18.0. The van der Waals surface area contributed by atoms with Crippen LogP contribution in [0.4, 0.5) is 0 Å². The van der Waals surface area contributed by atoms with Gasteiger partial charge in [0, 0.05) is 69.1 Å². The highest BCUT2D eigenvalue weighted by atomic mass is 35.5. The van der Waals surface area contributed by atoms with E-state index in [-0.39, 0.29) is 38.0 Å². The molecule has 364 valence electrons. The molecule has 0 unspecified atom stereocenters. The van der Waals surface area contributed by atoms with Gasteiger partial charge in [-0.25, -0.2) is 4.79 Å². The molecule has 0 bridgehead atoms. The number of halogens is 2. The number of hydrogen-bond donors (Lipinski definition) is 1. The quantitative estimate of drug-likeness (QED) is 0.0909. The van der Waals surface area contributed by atoms with Gasteiger partial charge in [-0.1, -0.05) is 59.7 Å². The number of carbonyl (C=O) groups is 2. The molecular formula is C53H60Cl2N6O8. The summed E-state index contributed by atoms with van der Waals surface area (Å²) in [4.78, 5) is 34.9. The van der Waals surface area contributed by atoms with Crippen LogP contribution in [0.5, 0.6) is 11.5 Å². The van der Waals surface area contributed by atoms with Crippen LogP contribution < -0.4 is 9.47 Å². The van der Waals surface area contributed by atoms with Gasteiger partial charge in [-0.3, -0.25) is 4.79 Å². The van der Waals surface area contributed by atoms with Gasteiger partial charge in [-0.15, -0.1) is 0 Å². The summed E-state index contributed by atoms with van der Waals surface area (Å²) >= 11 is 12.7. The van der Waals surface area contributed by atoms with Crippen molar-refractivity contribution in [2.45, 2.75) is 113 Å². The Morgan fingerprint density at radius 2 is 1.25 bits per heavy atom. The third-order valence-corrected chi connectivity index (χ3v) is 9.97. The van der Waals surface area contributed by atoms with Gasteiger partial charge >= 0.3 is 11.9 Å². The molecule has 0 aliphatic carbocycles. The first-order valence-corrected chi connectivity index (χ1v) is 22.8. The van der Waals surface area contributed by atoms with Crippen LogP contribution in [-0.2, 0) is 25.6 Å². The van der Waals surface area contributed by atoms with Crippen molar-refractivity contribution in [2.75, 3.05) is 0 Å². The van der Waals surface area contributed by atoms with Crippen molar-refractivity contribution in [3.8, 4) is 57.2 Å².